The van der Waals surface area contributed by atoms with E-state index in [1.807, 2.05) is 32.3 Å². The van der Waals surface area contributed by atoms with Crippen LogP contribution in [0.2, 0.25) is 0 Å². The van der Waals surface area contributed by atoms with Crippen molar-refractivity contribution >= 4 is 5.91 Å². The molecule has 0 saturated carbocycles. The summed E-state index contributed by atoms with van der Waals surface area (Å²) in [6, 6.07) is 8.09. The molecule has 0 spiro atoms. The van der Waals surface area contributed by atoms with Gasteiger partial charge in [0.05, 0.1) is 5.54 Å². The molecular weight excluding hydrogens is 236 g/mol. The highest BCUT2D eigenvalue weighted by molar-refractivity contribution is 6.00. The van der Waals surface area contributed by atoms with Crippen LogP contribution in [0.3, 0.4) is 0 Å². The van der Waals surface area contributed by atoms with Crippen molar-refractivity contribution in [1.82, 2.24) is 9.80 Å². The van der Waals surface area contributed by atoms with Crippen molar-refractivity contribution in [2.45, 2.75) is 32.2 Å². The van der Waals surface area contributed by atoms with Crippen LogP contribution >= 0.6 is 0 Å². The van der Waals surface area contributed by atoms with Gasteiger partial charge in [-0.1, -0.05) is 32.0 Å². The van der Waals surface area contributed by atoms with Gasteiger partial charge >= 0.3 is 0 Å². The van der Waals surface area contributed by atoms with Gasteiger partial charge in [-0.05, 0) is 38.6 Å². The van der Waals surface area contributed by atoms with E-state index in [0.29, 0.717) is 0 Å². The van der Waals surface area contributed by atoms with Crippen LogP contribution in [0.25, 0.3) is 0 Å². The van der Waals surface area contributed by atoms with Crippen molar-refractivity contribution in [2.24, 2.45) is 0 Å². The molecular formula is C16H24N2O. The highest BCUT2D eigenvalue weighted by atomic mass is 16.2. The zero-order chi connectivity index (χ0) is 14.0. The normalized spacial score (nSPS) is 17.1. The van der Waals surface area contributed by atoms with Crippen molar-refractivity contribution in [3.63, 3.8) is 0 Å². The first-order valence-corrected chi connectivity index (χ1v) is 7.13. The molecule has 0 saturated heterocycles. The summed E-state index contributed by atoms with van der Waals surface area (Å²) in [4.78, 5) is 16.9. The average molecular weight is 260 g/mol. The maximum absolute atomic E-state index is 12.7. The second-order valence-corrected chi connectivity index (χ2v) is 5.54. The van der Waals surface area contributed by atoms with Crippen molar-refractivity contribution in [2.75, 3.05) is 27.2 Å². The molecule has 0 N–H and O–H groups in total. The number of rotatable bonds is 5. The Morgan fingerprint density at radius 2 is 1.79 bits per heavy atom. The van der Waals surface area contributed by atoms with E-state index >= 15 is 0 Å². The Hall–Kier alpha value is -1.35. The lowest BCUT2D eigenvalue weighted by molar-refractivity contribution is 0.0496. The van der Waals surface area contributed by atoms with Crippen LogP contribution < -0.4 is 0 Å². The first-order chi connectivity index (χ1) is 9.06. The summed E-state index contributed by atoms with van der Waals surface area (Å²) < 4.78 is 0. The van der Waals surface area contributed by atoms with E-state index in [9.17, 15) is 4.79 Å². The number of hydrogen-bond acceptors (Lipinski definition) is 2. The van der Waals surface area contributed by atoms with Crippen LogP contribution in [0, 0.1) is 0 Å². The van der Waals surface area contributed by atoms with Gasteiger partial charge in [0.2, 0.25) is 0 Å². The largest absolute Gasteiger partial charge is 0.328 e. The monoisotopic (exact) mass is 260 g/mol. The molecule has 104 valence electrons. The van der Waals surface area contributed by atoms with E-state index in [-0.39, 0.29) is 11.4 Å². The Morgan fingerprint density at radius 3 is 2.37 bits per heavy atom. The van der Waals surface area contributed by atoms with E-state index in [4.69, 9.17) is 0 Å². The van der Waals surface area contributed by atoms with Gasteiger partial charge < -0.3 is 9.80 Å². The zero-order valence-corrected chi connectivity index (χ0v) is 12.4. The number of likely N-dealkylation sites (N-methyl/N-ethyl adjacent to an activating group) is 1. The predicted octanol–water partition coefficient (Wildman–Crippen LogP) is 2.72. The molecule has 1 aromatic carbocycles. The van der Waals surface area contributed by atoms with Crippen LogP contribution in [0.4, 0.5) is 0 Å². The molecule has 1 heterocycles. The van der Waals surface area contributed by atoms with Gasteiger partial charge in [0, 0.05) is 18.7 Å². The number of carbonyl (C=O) groups is 1. The molecule has 0 aromatic heterocycles. The summed E-state index contributed by atoms with van der Waals surface area (Å²) in [6.45, 7) is 6.06. The summed E-state index contributed by atoms with van der Waals surface area (Å²) in [6.07, 6.45) is 1.94. The Morgan fingerprint density at radius 1 is 1.16 bits per heavy atom. The first kappa shape index (κ1) is 14.1. The summed E-state index contributed by atoms with van der Waals surface area (Å²) in [5.41, 5.74) is 2.00. The molecule has 0 bridgehead atoms. The van der Waals surface area contributed by atoms with Gasteiger partial charge in [0.1, 0.15) is 0 Å². The van der Waals surface area contributed by atoms with E-state index in [1.165, 1.54) is 5.56 Å². The standard InChI is InChI=1S/C16H24N2O/c1-5-16(6-2)14-10-8-7-9-13(14)15(19)18(16)12-11-17(3)4/h7-10H,5-6,11-12H2,1-4H3. The highest BCUT2D eigenvalue weighted by Crippen LogP contribution is 2.43. The van der Waals surface area contributed by atoms with Crippen LogP contribution in [0.5, 0.6) is 0 Å². The van der Waals surface area contributed by atoms with Gasteiger partial charge in [0.25, 0.3) is 5.91 Å². The molecule has 2 rings (SSSR count). The van der Waals surface area contributed by atoms with E-state index in [1.54, 1.807) is 0 Å². The average Bonchev–Trinajstić information content (AvgIpc) is 2.66. The molecule has 0 radical (unpaired) electrons. The molecule has 3 nitrogen and oxygen atoms in total. The number of carbonyl (C=O) groups excluding carboxylic acids is 1. The highest BCUT2D eigenvalue weighted by Gasteiger charge is 2.46. The molecule has 1 amide bonds. The van der Waals surface area contributed by atoms with Gasteiger partial charge in [0.15, 0.2) is 0 Å². The summed E-state index contributed by atoms with van der Waals surface area (Å²) in [5, 5.41) is 0. The lowest BCUT2D eigenvalue weighted by Crippen LogP contribution is -2.45. The van der Waals surface area contributed by atoms with Crippen molar-refractivity contribution in [3.8, 4) is 0 Å². The Kier molecular flexibility index (Phi) is 3.95. The Labute approximate surface area is 116 Å². The minimum absolute atomic E-state index is 0.107. The molecule has 3 heteroatoms. The maximum Gasteiger partial charge on any atom is 0.254 e. The Bertz CT molecular complexity index is 464. The topological polar surface area (TPSA) is 23.6 Å². The SMILES string of the molecule is CCC1(CC)c2ccccc2C(=O)N1CCN(C)C. The molecule has 1 aliphatic heterocycles. The van der Waals surface area contributed by atoms with Gasteiger partial charge in [-0.2, -0.15) is 0 Å². The van der Waals surface area contributed by atoms with Crippen molar-refractivity contribution in [1.29, 1.82) is 0 Å². The van der Waals surface area contributed by atoms with E-state index < -0.39 is 0 Å². The zero-order valence-electron chi connectivity index (χ0n) is 12.4. The lowest BCUT2D eigenvalue weighted by Gasteiger charge is -2.38. The van der Waals surface area contributed by atoms with Crippen LogP contribution in [0.15, 0.2) is 24.3 Å². The van der Waals surface area contributed by atoms with E-state index in [2.05, 4.69) is 29.7 Å². The lowest BCUT2D eigenvalue weighted by atomic mass is 9.84. The summed E-state index contributed by atoms with van der Waals surface area (Å²) >= 11 is 0. The predicted molar refractivity (Wildman–Crippen MR) is 78.3 cm³/mol. The van der Waals surface area contributed by atoms with Crippen LogP contribution in [-0.2, 0) is 5.54 Å². The number of fused-ring (bicyclic) bond motifs is 1. The molecule has 19 heavy (non-hydrogen) atoms. The smallest absolute Gasteiger partial charge is 0.254 e. The summed E-state index contributed by atoms with van der Waals surface area (Å²) in [7, 11) is 4.10. The molecule has 0 aliphatic carbocycles. The molecule has 1 aliphatic rings. The molecule has 0 atom stereocenters. The van der Waals surface area contributed by atoms with Gasteiger partial charge in [-0.25, -0.2) is 0 Å². The van der Waals surface area contributed by atoms with Gasteiger partial charge in [-0.3, -0.25) is 4.79 Å². The molecule has 1 aromatic rings. The van der Waals surface area contributed by atoms with Crippen LogP contribution in [0.1, 0.15) is 42.6 Å². The molecule has 0 fully saturated rings. The second kappa shape index (κ2) is 5.33. The Balaban J connectivity index is 2.41. The quantitative estimate of drug-likeness (QED) is 0.812. The third-order valence-electron chi connectivity index (χ3n) is 4.36. The number of hydrogen-bond donors (Lipinski definition) is 0. The van der Waals surface area contributed by atoms with Gasteiger partial charge in [-0.15, -0.1) is 0 Å². The fourth-order valence-electron chi connectivity index (χ4n) is 3.19. The van der Waals surface area contributed by atoms with Crippen molar-refractivity contribution in [3.05, 3.63) is 35.4 Å². The minimum Gasteiger partial charge on any atom is -0.328 e. The number of amides is 1. The fourth-order valence-corrected chi connectivity index (χ4v) is 3.19. The maximum atomic E-state index is 12.7. The third-order valence-corrected chi connectivity index (χ3v) is 4.36. The van der Waals surface area contributed by atoms with Crippen molar-refractivity contribution < 1.29 is 4.79 Å². The first-order valence-electron chi connectivity index (χ1n) is 7.13. The number of nitrogens with zero attached hydrogens (tertiary/aromatic N) is 2. The third kappa shape index (κ3) is 2.16. The van der Waals surface area contributed by atoms with Crippen LogP contribution in [-0.4, -0.2) is 42.9 Å². The fraction of sp³-hybridized carbons (Fsp3) is 0.562. The van der Waals surface area contributed by atoms with E-state index in [0.717, 1.165) is 31.5 Å². The minimum atomic E-state index is -0.107. The molecule has 0 unspecified atom stereocenters. The second-order valence-electron chi connectivity index (χ2n) is 5.54. The number of benzene rings is 1. The summed E-state index contributed by atoms with van der Waals surface area (Å²) in [5.74, 6) is 0.196.